The van der Waals surface area contributed by atoms with Crippen molar-refractivity contribution in [3.05, 3.63) is 28.8 Å². The molecule has 102 valence electrons. The summed E-state index contributed by atoms with van der Waals surface area (Å²) in [4.78, 5) is 0. The molecule has 0 aliphatic carbocycles. The van der Waals surface area contributed by atoms with Crippen molar-refractivity contribution in [1.82, 2.24) is 0 Å². The molecular weight excluding hydrogens is 246 g/mol. The minimum Gasteiger partial charge on any atom is -0.492 e. The van der Waals surface area contributed by atoms with Gasteiger partial charge in [0, 0.05) is 0 Å². The third-order valence-corrected chi connectivity index (χ3v) is 3.47. The lowest BCUT2D eigenvalue weighted by Gasteiger charge is -2.10. The molecule has 1 aromatic rings. The first-order chi connectivity index (χ1) is 8.63. The third-order valence-electron chi connectivity index (χ3n) is 3.16. The van der Waals surface area contributed by atoms with Crippen LogP contribution in [0.15, 0.2) is 18.2 Å². The summed E-state index contributed by atoms with van der Waals surface area (Å²) in [6.45, 7) is 8.47. The van der Waals surface area contributed by atoms with E-state index in [1.54, 1.807) is 0 Å². The standard InChI is InChI=1S/C15H24ClNO/c1-4-13(3)17-9-5-6-10-18-15-11-12(2)7-8-14(15)16/h7-8,11,13,17H,4-6,9-10H2,1-3H3/p+1/t13-/m0/s1. The van der Waals surface area contributed by atoms with E-state index in [1.807, 2.05) is 25.1 Å². The van der Waals surface area contributed by atoms with Crippen LogP contribution >= 0.6 is 11.6 Å². The Morgan fingerprint density at radius 2 is 2.11 bits per heavy atom. The molecule has 0 aliphatic heterocycles. The normalized spacial score (nSPS) is 12.4. The van der Waals surface area contributed by atoms with Crippen LogP contribution in [0.5, 0.6) is 5.75 Å². The number of rotatable bonds is 8. The van der Waals surface area contributed by atoms with Gasteiger partial charge in [-0.25, -0.2) is 0 Å². The second kappa shape index (κ2) is 8.39. The van der Waals surface area contributed by atoms with E-state index in [1.165, 1.54) is 24.9 Å². The van der Waals surface area contributed by atoms with Crippen molar-refractivity contribution in [2.24, 2.45) is 0 Å². The van der Waals surface area contributed by atoms with Crippen LogP contribution in [-0.4, -0.2) is 19.2 Å². The molecule has 0 spiro atoms. The van der Waals surface area contributed by atoms with E-state index in [-0.39, 0.29) is 0 Å². The molecule has 3 heteroatoms. The number of ether oxygens (including phenoxy) is 1. The predicted molar refractivity (Wildman–Crippen MR) is 77.5 cm³/mol. The van der Waals surface area contributed by atoms with Crippen LogP contribution in [0.2, 0.25) is 5.02 Å². The lowest BCUT2D eigenvalue weighted by molar-refractivity contribution is -0.686. The molecule has 1 rings (SSSR count). The summed E-state index contributed by atoms with van der Waals surface area (Å²) in [5, 5.41) is 3.10. The Balaban J connectivity index is 2.16. The van der Waals surface area contributed by atoms with E-state index in [0.29, 0.717) is 5.02 Å². The average Bonchev–Trinajstić information content (AvgIpc) is 2.37. The van der Waals surface area contributed by atoms with E-state index >= 15 is 0 Å². The first-order valence-electron chi connectivity index (χ1n) is 6.85. The van der Waals surface area contributed by atoms with Gasteiger partial charge in [0.05, 0.1) is 24.2 Å². The molecule has 0 amide bonds. The molecule has 0 aliphatic rings. The van der Waals surface area contributed by atoms with E-state index in [2.05, 4.69) is 19.2 Å². The molecule has 0 radical (unpaired) electrons. The summed E-state index contributed by atoms with van der Waals surface area (Å²) in [6.07, 6.45) is 3.50. The van der Waals surface area contributed by atoms with Crippen LogP contribution in [0, 0.1) is 6.92 Å². The smallest absolute Gasteiger partial charge is 0.138 e. The van der Waals surface area contributed by atoms with Gasteiger partial charge in [-0.1, -0.05) is 24.6 Å². The number of nitrogens with two attached hydrogens (primary N) is 1. The van der Waals surface area contributed by atoms with E-state index in [0.717, 1.165) is 24.8 Å². The lowest BCUT2D eigenvalue weighted by atomic mass is 10.2. The first kappa shape index (κ1) is 15.3. The minimum atomic E-state index is 0.701. The quantitative estimate of drug-likeness (QED) is 0.722. The number of hydrogen-bond donors (Lipinski definition) is 1. The van der Waals surface area contributed by atoms with Gasteiger partial charge in [0.15, 0.2) is 0 Å². The maximum Gasteiger partial charge on any atom is 0.138 e. The molecular formula is C15H25ClNO+. The Labute approximate surface area is 116 Å². The largest absolute Gasteiger partial charge is 0.492 e. The minimum absolute atomic E-state index is 0.701. The molecule has 1 aromatic carbocycles. The summed E-state index contributed by atoms with van der Waals surface area (Å²) in [5.41, 5.74) is 1.18. The second-order valence-corrected chi connectivity index (χ2v) is 5.31. The Morgan fingerprint density at radius 3 is 2.83 bits per heavy atom. The molecule has 18 heavy (non-hydrogen) atoms. The molecule has 0 fully saturated rings. The van der Waals surface area contributed by atoms with Crippen molar-refractivity contribution in [3.8, 4) is 5.75 Å². The second-order valence-electron chi connectivity index (χ2n) is 4.90. The molecule has 0 heterocycles. The van der Waals surface area contributed by atoms with E-state index in [4.69, 9.17) is 16.3 Å². The van der Waals surface area contributed by atoms with Crippen LogP contribution in [0.3, 0.4) is 0 Å². The van der Waals surface area contributed by atoms with E-state index < -0.39 is 0 Å². The highest BCUT2D eigenvalue weighted by Crippen LogP contribution is 2.25. The van der Waals surface area contributed by atoms with Gasteiger partial charge in [0.25, 0.3) is 0 Å². The van der Waals surface area contributed by atoms with Crippen LogP contribution in [0.1, 0.15) is 38.7 Å². The fraction of sp³-hybridized carbons (Fsp3) is 0.600. The van der Waals surface area contributed by atoms with Gasteiger partial charge in [-0.15, -0.1) is 0 Å². The number of benzene rings is 1. The van der Waals surface area contributed by atoms with Crippen molar-refractivity contribution in [2.75, 3.05) is 13.2 Å². The fourth-order valence-corrected chi connectivity index (χ4v) is 1.89. The molecule has 2 N–H and O–H groups in total. The summed E-state index contributed by atoms with van der Waals surface area (Å²) >= 11 is 6.07. The summed E-state index contributed by atoms with van der Waals surface area (Å²) in [7, 11) is 0. The molecule has 0 saturated heterocycles. The highest BCUT2D eigenvalue weighted by Gasteiger charge is 2.02. The lowest BCUT2D eigenvalue weighted by Crippen LogP contribution is -2.89. The molecule has 0 aromatic heterocycles. The molecule has 0 saturated carbocycles. The number of hydrogen-bond acceptors (Lipinski definition) is 1. The zero-order chi connectivity index (χ0) is 13.4. The van der Waals surface area contributed by atoms with Crippen LogP contribution in [0.4, 0.5) is 0 Å². The zero-order valence-electron chi connectivity index (χ0n) is 11.7. The number of aryl methyl sites for hydroxylation is 1. The topological polar surface area (TPSA) is 25.8 Å². The summed E-state index contributed by atoms with van der Waals surface area (Å²) < 4.78 is 5.71. The molecule has 2 nitrogen and oxygen atoms in total. The maximum atomic E-state index is 6.07. The van der Waals surface area contributed by atoms with Gasteiger partial charge in [-0.3, -0.25) is 0 Å². The van der Waals surface area contributed by atoms with Gasteiger partial charge in [-0.05, 0) is 50.8 Å². The Kier molecular flexibility index (Phi) is 7.14. The Hall–Kier alpha value is -0.730. The first-order valence-corrected chi connectivity index (χ1v) is 7.23. The van der Waals surface area contributed by atoms with Crippen molar-refractivity contribution in [1.29, 1.82) is 0 Å². The van der Waals surface area contributed by atoms with Crippen LogP contribution in [-0.2, 0) is 0 Å². The van der Waals surface area contributed by atoms with Crippen molar-refractivity contribution < 1.29 is 10.1 Å². The zero-order valence-corrected chi connectivity index (χ0v) is 12.5. The predicted octanol–water partition coefficient (Wildman–Crippen LogP) is 3.17. The van der Waals surface area contributed by atoms with Gasteiger partial charge < -0.3 is 10.1 Å². The monoisotopic (exact) mass is 270 g/mol. The van der Waals surface area contributed by atoms with Crippen LogP contribution < -0.4 is 10.1 Å². The highest BCUT2D eigenvalue weighted by molar-refractivity contribution is 6.32. The SMILES string of the molecule is CC[C@H](C)[NH2+]CCCCOc1cc(C)ccc1Cl. The Bertz CT molecular complexity index is 354. The molecule has 0 bridgehead atoms. The maximum absolute atomic E-state index is 6.07. The van der Waals surface area contributed by atoms with Crippen molar-refractivity contribution >= 4 is 11.6 Å². The third kappa shape index (κ3) is 5.74. The average molecular weight is 271 g/mol. The number of unbranched alkanes of at least 4 members (excludes halogenated alkanes) is 1. The summed E-state index contributed by atoms with van der Waals surface area (Å²) in [5.74, 6) is 0.808. The molecule has 0 unspecified atom stereocenters. The van der Waals surface area contributed by atoms with E-state index in [9.17, 15) is 0 Å². The number of halogens is 1. The van der Waals surface area contributed by atoms with Gasteiger partial charge in [0.1, 0.15) is 5.75 Å². The molecule has 1 atom stereocenters. The van der Waals surface area contributed by atoms with Gasteiger partial charge >= 0.3 is 0 Å². The van der Waals surface area contributed by atoms with Crippen molar-refractivity contribution in [2.45, 2.75) is 46.1 Å². The van der Waals surface area contributed by atoms with Crippen LogP contribution in [0.25, 0.3) is 0 Å². The van der Waals surface area contributed by atoms with Crippen molar-refractivity contribution in [3.63, 3.8) is 0 Å². The summed E-state index contributed by atoms with van der Waals surface area (Å²) in [6, 6.07) is 6.62. The van der Waals surface area contributed by atoms with Gasteiger partial charge in [0.2, 0.25) is 0 Å². The highest BCUT2D eigenvalue weighted by atomic mass is 35.5. The van der Waals surface area contributed by atoms with Gasteiger partial charge in [-0.2, -0.15) is 0 Å². The fourth-order valence-electron chi connectivity index (χ4n) is 1.72. The Morgan fingerprint density at radius 1 is 1.33 bits per heavy atom. The number of quaternary nitrogens is 1.